The van der Waals surface area contributed by atoms with Gasteiger partial charge in [0.25, 0.3) is 0 Å². The summed E-state index contributed by atoms with van der Waals surface area (Å²) < 4.78 is 0. The molecule has 0 fully saturated rings. The summed E-state index contributed by atoms with van der Waals surface area (Å²) in [6.45, 7) is 0. The molecule has 0 unspecified atom stereocenters. The van der Waals surface area contributed by atoms with E-state index in [0.29, 0.717) is 0 Å². The van der Waals surface area contributed by atoms with E-state index in [1.165, 1.54) is 0 Å². The molecule has 0 saturated carbocycles. The van der Waals surface area contributed by atoms with Crippen LogP contribution in [0.3, 0.4) is 0 Å². The second-order valence-electron chi connectivity index (χ2n) is 0. The van der Waals surface area contributed by atoms with Crippen molar-refractivity contribution in [3.05, 3.63) is 0 Å². The fraction of sp³-hybridized carbons (Fsp3) is 0. The molecule has 5 nitrogen and oxygen atoms in total. The van der Waals surface area contributed by atoms with Gasteiger partial charge in [-0.1, -0.05) is 0 Å². The summed E-state index contributed by atoms with van der Waals surface area (Å²) in [5.41, 5.74) is 0. The first kappa shape index (κ1) is 222. The van der Waals surface area contributed by atoms with E-state index in [9.17, 15) is 0 Å². The van der Waals surface area contributed by atoms with E-state index in [4.69, 9.17) is 0 Å². The number of hydrogen-bond donors (Lipinski definition) is 0. The van der Waals surface area contributed by atoms with Crippen molar-refractivity contribution in [2.45, 2.75) is 0 Å². The van der Waals surface area contributed by atoms with Crippen molar-refractivity contribution in [2.24, 2.45) is 0 Å². The van der Waals surface area contributed by atoms with Crippen molar-refractivity contribution in [1.29, 1.82) is 0 Å². The van der Waals surface area contributed by atoms with Gasteiger partial charge in [-0.05, 0) is 0 Å². The molecule has 9 heavy (non-hydrogen) atoms. The summed E-state index contributed by atoms with van der Waals surface area (Å²) in [6.07, 6.45) is 0. The Balaban J connectivity index is 0. The van der Waals surface area contributed by atoms with E-state index < -0.39 is 0 Å². The fourth-order valence-corrected chi connectivity index (χ4v) is 0. The largest absolute Gasteiger partial charge is 4.00 e. The Hall–Kier alpha value is 2.33. The Morgan fingerprint density at radius 2 is 0.556 bits per heavy atom. The van der Waals surface area contributed by atoms with Crippen LogP contribution in [0, 0.1) is 0 Å². The maximum Gasteiger partial charge on any atom is 4.00 e. The Morgan fingerprint density at radius 3 is 0.556 bits per heavy atom. The van der Waals surface area contributed by atoms with Gasteiger partial charge in [0, 0.05) is 0 Å². The SMILES string of the molecule is [Al+3].[Fe+2].[Mg+2].[O-2].[O-2].[O-2].[O-2].[O-2].[Ti+4]. The minimum atomic E-state index is 0. The molecule has 0 spiro atoms. The molecule has 0 bridgehead atoms. The number of rotatable bonds is 0. The first-order chi connectivity index (χ1) is 0. The Kier molecular flexibility index (Phi) is 4090. The zero-order chi connectivity index (χ0) is 0. The molecule has 0 aromatic rings. The Morgan fingerprint density at radius 1 is 0.556 bits per heavy atom. The topological polar surface area (TPSA) is 142 Å². The van der Waals surface area contributed by atoms with Crippen molar-refractivity contribution in [1.82, 2.24) is 0 Å². The molecule has 0 heterocycles. The maximum atomic E-state index is 0. The molecule has 0 rings (SSSR count). The van der Waals surface area contributed by atoms with Crippen LogP contribution in [0.4, 0.5) is 0 Å². The van der Waals surface area contributed by atoms with Crippen molar-refractivity contribution >= 4 is 40.4 Å². The van der Waals surface area contributed by atoms with E-state index in [0.717, 1.165) is 0 Å². The van der Waals surface area contributed by atoms with E-state index >= 15 is 0 Å². The molecule has 9 heteroatoms. The molecular formula is AlFeMgO5Ti+. The predicted molar refractivity (Wildman–Crippen MR) is 14.9 cm³/mol. The van der Waals surface area contributed by atoms with Crippen LogP contribution in [0.25, 0.3) is 0 Å². The molecule has 0 amide bonds. The van der Waals surface area contributed by atoms with Gasteiger partial charge in [-0.2, -0.15) is 0 Å². The Bertz CT molecular complexity index is 16.9. The van der Waals surface area contributed by atoms with Gasteiger partial charge in [-0.25, -0.2) is 0 Å². The Labute approximate surface area is 106 Å². The molecule has 0 aliphatic heterocycles. The minimum absolute atomic E-state index is 0. The maximum absolute atomic E-state index is 0. The van der Waals surface area contributed by atoms with Crippen LogP contribution >= 0.6 is 0 Å². The molecule has 0 atom stereocenters. The zero-order valence-corrected chi connectivity index (χ0v) is 9.41. The second kappa shape index (κ2) is 165. The molecule has 0 aliphatic rings. The van der Waals surface area contributed by atoms with E-state index in [1.54, 1.807) is 0 Å². The van der Waals surface area contributed by atoms with Crippen LogP contribution in [0.1, 0.15) is 0 Å². The molecule has 0 aromatic carbocycles. The van der Waals surface area contributed by atoms with Gasteiger partial charge >= 0.3 is 79.2 Å². The van der Waals surface area contributed by atoms with E-state index in [2.05, 4.69) is 0 Å². The third-order valence-corrected chi connectivity index (χ3v) is 0. The van der Waals surface area contributed by atoms with Crippen molar-refractivity contribution < 1.29 is 66.2 Å². The summed E-state index contributed by atoms with van der Waals surface area (Å²) in [5.74, 6) is 0. The summed E-state index contributed by atoms with van der Waals surface area (Å²) in [6, 6.07) is 0. The monoisotopic (exact) mass is 235 g/mol. The second-order valence-corrected chi connectivity index (χ2v) is 0. The van der Waals surface area contributed by atoms with Crippen LogP contribution in [0.15, 0.2) is 0 Å². The molecule has 0 N–H and O–H groups in total. The molecule has 0 aromatic heterocycles. The first-order valence-corrected chi connectivity index (χ1v) is 0. The summed E-state index contributed by atoms with van der Waals surface area (Å²) in [5, 5.41) is 0. The van der Waals surface area contributed by atoms with Crippen molar-refractivity contribution in [3.63, 3.8) is 0 Å². The predicted octanol–water partition coefficient (Wildman–Crippen LogP) is -1.36. The van der Waals surface area contributed by atoms with E-state index in [-0.39, 0.29) is 107 Å². The fourth-order valence-electron chi connectivity index (χ4n) is 0. The van der Waals surface area contributed by atoms with Crippen LogP contribution in [0.2, 0.25) is 0 Å². The van der Waals surface area contributed by atoms with Gasteiger partial charge in [0.05, 0.1) is 0 Å². The third-order valence-electron chi connectivity index (χ3n) is 0. The van der Waals surface area contributed by atoms with Gasteiger partial charge in [-0.15, -0.1) is 0 Å². The normalized spacial score (nSPS) is 0. The van der Waals surface area contributed by atoms with Crippen LogP contribution in [0.5, 0.6) is 0 Å². The molecule has 46 valence electrons. The molecule has 0 aliphatic carbocycles. The van der Waals surface area contributed by atoms with Gasteiger partial charge < -0.3 is 27.4 Å². The van der Waals surface area contributed by atoms with E-state index in [1.807, 2.05) is 0 Å². The average molecular weight is 235 g/mol. The molecule has 0 radical (unpaired) electrons. The zero-order valence-electron chi connectivity index (χ0n) is 4.18. The minimum Gasteiger partial charge on any atom is -2.00 e. The van der Waals surface area contributed by atoms with Gasteiger partial charge in [0.1, 0.15) is 0 Å². The van der Waals surface area contributed by atoms with Crippen LogP contribution in [-0.2, 0) is 66.2 Å². The molecular weight excluding hydrogens is 235 g/mol. The standard InChI is InChI=1S/Al.Fe.Mg.5O.Ti/q+3;2*+2;5*-2;+4. The van der Waals surface area contributed by atoms with Crippen LogP contribution in [-0.4, -0.2) is 40.4 Å². The van der Waals surface area contributed by atoms with Gasteiger partial charge in [-0.3, -0.25) is 0 Å². The smallest absolute Gasteiger partial charge is 2.00 e. The van der Waals surface area contributed by atoms with Gasteiger partial charge in [0.2, 0.25) is 0 Å². The third kappa shape index (κ3) is 132. The first-order valence-electron chi connectivity index (χ1n) is 0. The number of hydrogen-bond acceptors (Lipinski definition) is 0. The summed E-state index contributed by atoms with van der Waals surface area (Å²) >= 11 is 0. The quantitative estimate of drug-likeness (QED) is 0.457. The summed E-state index contributed by atoms with van der Waals surface area (Å²) in [7, 11) is 0. The average Bonchev–Trinajstić information content (AvgIpc) is 0. The summed E-state index contributed by atoms with van der Waals surface area (Å²) in [4.78, 5) is 0. The van der Waals surface area contributed by atoms with Crippen molar-refractivity contribution in [3.8, 4) is 0 Å². The molecule has 0 saturated heterocycles. The van der Waals surface area contributed by atoms with Crippen LogP contribution < -0.4 is 0 Å². The van der Waals surface area contributed by atoms with Gasteiger partial charge in [0.15, 0.2) is 0 Å². The van der Waals surface area contributed by atoms with Crippen molar-refractivity contribution in [2.75, 3.05) is 0 Å².